The number of hydrogen-bond donors (Lipinski definition) is 1. The molecular weight excluding hydrogens is 436 g/mol. The molecule has 0 bridgehead atoms. The van der Waals surface area contributed by atoms with Crippen LogP contribution in [0.25, 0.3) is 0 Å². The number of nitrogens with one attached hydrogen (secondary N) is 1. The van der Waals surface area contributed by atoms with Crippen molar-refractivity contribution >= 4 is 17.5 Å². The number of amides is 1. The fourth-order valence-electron chi connectivity index (χ4n) is 4.74. The van der Waals surface area contributed by atoms with Crippen LogP contribution in [0.5, 0.6) is 11.5 Å². The maximum atomic E-state index is 13.1. The maximum absolute atomic E-state index is 13.1. The molecule has 0 spiro atoms. The highest BCUT2D eigenvalue weighted by Crippen LogP contribution is 2.35. The zero-order chi connectivity index (χ0) is 22.6. The third kappa shape index (κ3) is 5.15. The average molecular weight is 463 g/mol. The molecule has 0 radical (unpaired) electrons. The first-order chi connectivity index (χ1) is 16.2. The van der Waals surface area contributed by atoms with E-state index in [0.29, 0.717) is 13.1 Å². The summed E-state index contributed by atoms with van der Waals surface area (Å²) in [5.74, 6) is 1.52. The van der Waals surface area contributed by atoms with Gasteiger partial charge in [-0.05, 0) is 53.8 Å². The third-order valence-corrected chi connectivity index (χ3v) is 6.65. The van der Waals surface area contributed by atoms with Gasteiger partial charge in [-0.15, -0.1) is 0 Å². The predicted molar refractivity (Wildman–Crippen MR) is 128 cm³/mol. The lowest BCUT2D eigenvalue weighted by atomic mass is 9.88. The van der Waals surface area contributed by atoms with Crippen LogP contribution in [-0.2, 0) is 17.9 Å². The molecule has 1 saturated heterocycles. The van der Waals surface area contributed by atoms with Crippen LogP contribution in [-0.4, -0.2) is 24.1 Å². The van der Waals surface area contributed by atoms with E-state index in [4.69, 9.17) is 21.1 Å². The molecule has 0 saturated carbocycles. The van der Waals surface area contributed by atoms with Crippen molar-refractivity contribution in [3.05, 3.63) is 94.5 Å². The molecule has 2 unspecified atom stereocenters. The number of carbonyl (C=O) groups is 1. The smallest absolute Gasteiger partial charge is 0.231 e. The summed E-state index contributed by atoms with van der Waals surface area (Å²) in [6.07, 6.45) is 1.80. The van der Waals surface area contributed by atoms with Crippen LogP contribution in [0.2, 0.25) is 5.02 Å². The zero-order valence-electron chi connectivity index (χ0n) is 18.4. The van der Waals surface area contributed by atoms with Gasteiger partial charge in [0.2, 0.25) is 12.7 Å². The quantitative estimate of drug-likeness (QED) is 0.537. The summed E-state index contributed by atoms with van der Waals surface area (Å²) in [4.78, 5) is 15.5. The maximum Gasteiger partial charge on any atom is 0.231 e. The van der Waals surface area contributed by atoms with Crippen LogP contribution in [0.15, 0.2) is 72.8 Å². The lowest BCUT2D eigenvalue weighted by molar-refractivity contribution is -0.127. The lowest BCUT2D eigenvalue weighted by Crippen LogP contribution is -2.44. The number of carbonyl (C=O) groups excluding carboxylic acids is 1. The molecule has 1 amide bonds. The summed E-state index contributed by atoms with van der Waals surface area (Å²) in [6, 6.07) is 24.6. The van der Waals surface area contributed by atoms with E-state index in [1.807, 2.05) is 42.5 Å². The van der Waals surface area contributed by atoms with Gasteiger partial charge in [0.15, 0.2) is 11.5 Å². The Balaban J connectivity index is 1.27. The van der Waals surface area contributed by atoms with Crippen LogP contribution in [0, 0.1) is 5.92 Å². The topological polar surface area (TPSA) is 50.8 Å². The number of hydrogen-bond acceptors (Lipinski definition) is 4. The molecule has 3 aromatic rings. The monoisotopic (exact) mass is 462 g/mol. The Kier molecular flexibility index (Phi) is 6.51. The molecule has 1 fully saturated rings. The summed E-state index contributed by atoms with van der Waals surface area (Å²) in [7, 11) is 0. The van der Waals surface area contributed by atoms with Crippen LogP contribution >= 0.6 is 11.6 Å². The molecule has 5 nitrogen and oxygen atoms in total. The van der Waals surface area contributed by atoms with E-state index in [1.54, 1.807) is 0 Å². The van der Waals surface area contributed by atoms with Gasteiger partial charge in [0.1, 0.15) is 0 Å². The van der Waals surface area contributed by atoms with E-state index in [-0.39, 0.29) is 24.7 Å². The highest BCUT2D eigenvalue weighted by molar-refractivity contribution is 6.30. The van der Waals surface area contributed by atoms with Crippen molar-refractivity contribution in [1.29, 1.82) is 0 Å². The summed E-state index contributed by atoms with van der Waals surface area (Å²) in [5.41, 5.74) is 3.45. The first-order valence-corrected chi connectivity index (χ1v) is 11.7. The minimum Gasteiger partial charge on any atom is -0.454 e. The molecule has 2 atom stereocenters. The van der Waals surface area contributed by atoms with E-state index in [2.05, 4.69) is 40.5 Å². The van der Waals surface area contributed by atoms with Gasteiger partial charge in [-0.2, -0.15) is 0 Å². The average Bonchev–Trinajstić information content (AvgIpc) is 3.31. The highest BCUT2D eigenvalue weighted by atomic mass is 35.5. The van der Waals surface area contributed by atoms with Gasteiger partial charge < -0.3 is 14.8 Å². The number of ether oxygens (including phenoxy) is 2. The van der Waals surface area contributed by atoms with Crippen molar-refractivity contribution in [1.82, 2.24) is 10.2 Å². The van der Waals surface area contributed by atoms with Gasteiger partial charge in [0.25, 0.3) is 0 Å². The van der Waals surface area contributed by atoms with Crippen molar-refractivity contribution in [2.24, 2.45) is 5.92 Å². The summed E-state index contributed by atoms with van der Waals surface area (Å²) in [6.45, 7) is 2.19. The van der Waals surface area contributed by atoms with E-state index < -0.39 is 0 Å². The second-order valence-electron chi connectivity index (χ2n) is 8.67. The van der Waals surface area contributed by atoms with Crippen LogP contribution in [0.1, 0.15) is 35.6 Å². The fraction of sp³-hybridized carbons (Fsp3) is 0.296. The first kappa shape index (κ1) is 21.8. The van der Waals surface area contributed by atoms with Gasteiger partial charge in [-0.3, -0.25) is 9.69 Å². The number of likely N-dealkylation sites (tertiary alicyclic amines) is 1. The SMILES string of the molecule is O=C(NCc1ccc2c(c1)OCO2)C1CCC(c2ccccc2)N(Cc2cccc(Cl)c2)C1. The standard InChI is InChI=1S/C27H27ClN2O3/c28-23-8-4-5-20(13-23)16-30-17-22(10-11-24(30)21-6-2-1-3-7-21)27(31)29-15-19-9-12-25-26(14-19)33-18-32-25/h1-9,12-14,22,24H,10-11,15-18H2,(H,29,31). The third-order valence-electron chi connectivity index (χ3n) is 6.42. The molecule has 170 valence electrons. The Labute approximate surface area is 199 Å². The normalized spacial score (nSPS) is 19.9. The van der Waals surface area contributed by atoms with Gasteiger partial charge in [0.05, 0.1) is 5.92 Å². The molecule has 0 aromatic heterocycles. The second kappa shape index (κ2) is 9.86. The molecule has 6 heteroatoms. The first-order valence-electron chi connectivity index (χ1n) is 11.4. The van der Waals surface area contributed by atoms with E-state index >= 15 is 0 Å². The summed E-state index contributed by atoms with van der Waals surface area (Å²) in [5, 5.41) is 3.86. The van der Waals surface area contributed by atoms with Gasteiger partial charge in [0, 0.05) is 30.7 Å². The Morgan fingerprint density at radius 3 is 2.64 bits per heavy atom. The number of piperidine rings is 1. The molecule has 2 heterocycles. The summed E-state index contributed by atoms with van der Waals surface area (Å²) < 4.78 is 10.8. The summed E-state index contributed by atoms with van der Waals surface area (Å²) >= 11 is 6.23. The Morgan fingerprint density at radius 2 is 1.79 bits per heavy atom. The van der Waals surface area contributed by atoms with E-state index in [1.165, 1.54) is 5.56 Å². The molecule has 2 aliphatic heterocycles. The Morgan fingerprint density at radius 1 is 0.939 bits per heavy atom. The fourth-order valence-corrected chi connectivity index (χ4v) is 4.95. The highest BCUT2D eigenvalue weighted by Gasteiger charge is 2.32. The minimum atomic E-state index is -0.0573. The Bertz CT molecular complexity index is 1120. The minimum absolute atomic E-state index is 0.0573. The lowest BCUT2D eigenvalue weighted by Gasteiger charge is -2.39. The molecule has 33 heavy (non-hydrogen) atoms. The van der Waals surface area contributed by atoms with Crippen molar-refractivity contribution in [3.8, 4) is 11.5 Å². The number of halogens is 1. The molecule has 3 aromatic carbocycles. The van der Waals surface area contributed by atoms with E-state index in [0.717, 1.165) is 47.0 Å². The van der Waals surface area contributed by atoms with Crippen LogP contribution in [0.3, 0.4) is 0 Å². The van der Waals surface area contributed by atoms with Crippen molar-refractivity contribution in [2.45, 2.75) is 32.0 Å². The molecule has 2 aliphatic rings. The second-order valence-corrected chi connectivity index (χ2v) is 9.10. The molecular formula is C27H27ClN2O3. The Hall–Kier alpha value is -3.02. The van der Waals surface area contributed by atoms with Crippen molar-refractivity contribution < 1.29 is 14.3 Å². The van der Waals surface area contributed by atoms with Gasteiger partial charge in [-0.25, -0.2) is 0 Å². The zero-order valence-corrected chi connectivity index (χ0v) is 19.1. The van der Waals surface area contributed by atoms with Crippen LogP contribution in [0.4, 0.5) is 0 Å². The van der Waals surface area contributed by atoms with E-state index in [9.17, 15) is 4.79 Å². The molecule has 0 aliphatic carbocycles. The number of nitrogens with zero attached hydrogens (tertiary/aromatic N) is 1. The molecule has 5 rings (SSSR count). The van der Waals surface area contributed by atoms with Gasteiger partial charge >= 0.3 is 0 Å². The van der Waals surface area contributed by atoms with Gasteiger partial charge in [-0.1, -0.05) is 60.1 Å². The number of rotatable bonds is 6. The number of benzene rings is 3. The van der Waals surface area contributed by atoms with Crippen molar-refractivity contribution in [2.75, 3.05) is 13.3 Å². The van der Waals surface area contributed by atoms with Crippen LogP contribution < -0.4 is 14.8 Å². The van der Waals surface area contributed by atoms with Crippen molar-refractivity contribution in [3.63, 3.8) is 0 Å². The number of fused-ring (bicyclic) bond motifs is 1. The largest absolute Gasteiger partial charge is 0.454 e. The molecule has 1 N–H and O–H groups in total. The predicted octanol–water partition coefficient (Wildman–Crippen LogP) is 5.34.